The van der Waals surface area contributed by atoms with E-state index < -0.39 is 5.97 Å². The molecule has 2 aromatic rings. The van der Waals surface area contributed by atoms with Gasteiger partial charge in [-0.2, -0.15) is 9.36 Å². The summed E-state index contributed by atoms with van der Waals surface area (Å²) >= 11 is 1.04. The monoisotopic (exact) mass is 252 g/mol. The van der Waals surface area contributed by atoms with Crippen molar-refractivity contribution in [3.63, 3.8) is 0 Å². The summed E-state index contributed by atoms with van der Waals surface area (Å²) in [6, 6.07) is 4.52. The lowest BCUT2D eigenvalue weighted by Gasteiger charge is -2.07. The first-order chi connectivity index (χ1) is 8.20. The van der Waals surface area contributed by atoms with E-state index in [1.807, 2.05) is 0 Å². The Morgan fingerprint density at radius 2 is 2.29 bits per heavy atom. The van der Waals surface area contributed by atoms with Crippen molar-refractivity contribution < 1.29 is 19.4 Å². The molecule has 7 heteroatoms. The first kappa shape index (κ1) is 11.3. The first-order valence-corrected chi connectivity index (χ1v) is 5.34. The summed E-state index contributed by atoms with van der Waals surface area (Å²) in [6.07, 6.45) is 1.34. The molecule has 17 heavy (non-hydrogen) atoms. The number of aromatic nitrogens is 2. The van der Waals surface area contributed by atoms with Crippen LogP contribution >= 0.6 is 11.5 Å². The largest absolute Gasteiger partial charge is 0.497 e. The van der Waals surface area contributed by atoms with Gasteiger partial charge in [0.1, 0.15) is 23.4 Å². The number of carboxylic acid groups (broad SMARTS) is 1. The van der Waals surface area contributed by atoms with Crippen LogP contribution in [0, 0.1) is 0 Å². The normalized spacial score (nSPS) is 9.94. The fourth-order valence-corrected chi connectivity index (χ4v) is 1.60. The van der Waals surface area contributed by atoms with Crippen molar-refractivity contribution in [2.45, 2.75) is 0 Å². The Morgan fingerprint density at radius 1 is 1.47 bits per heavy atom. The summed E-state index contributed by atoms with van der Waals surface area (Å²) in [7, 11) is 1.46. The number of carbonyl (C=O) groups is 1. The molecule has 0 amide bonds. The molecule has 0 aliphatic carbocycles. The summed E-state index contributed by atoms with van der Waals surface area (Å²) in [4.78, 5) is 14.9. The Bertz CT molecular complexity index is 527. The zero-order valence-corrected chi connectivity index (χ0v) is 9.60. The molecule has 1 N–H and O–H groups in total. The van der Waals surface area contributed by atoms with Gasteiger partial charge in [-0.25, -0.2) is 4.79 Å². The third kappa shape index (κ3) is 2.51. The zero-order chi connectivity index (χ0) is 12.3. The van der Waals surface area contributed by atoms with E-state index in [4.69, 9.17) is 14.6 Å². The fraction of sp³-hybridized carbons (Fsp3) is 0.100. The number of hydrogen-bond donors (Lipinski definition) is 1. The van der Waals surface area contributed by atoms with Crippen LogP contribution in [0.3, 0.4) is 0 Å². The molecule has 88 valence electrons. The smallest absolute Gasteiger partial charge is 0.339 e. The molecule has 0 unspecified atom stereocenters. The number of rotatable bonds is 4. The Kier molecular flexibility index (Phi) is 3.20. The van der Waals surface area contributed by atoms with Crippen molar-refractivity contribution in [3.05, 3.63) is 30.1 Å². The summed E-state index contributed by atoms with van der Waals surface area (Å²) in [5.74, 6) is -0.439. The maximum Gasteiger partial charge on any atom is 0.339 e. The maximum absolute atomic E-state index is 11.1. The van der Waals surface area contributed by atoms with Gasteiger partial charge >= 0.3 is 5.97 Å². The van der Waals surface area contributed by atoms with Gasteiger partial charge in [0.15, 0.2) is 0 Å². The molecule has 0 aliphatic heterocycles. The van der Waals surface area contributed by atoms with Crippen LogP contribution in [0.1, 0.15) is 10.4 Å². The molecular formula is C10H8N2O4S. The SMILES string of the molecule is COc1ccc(Oc2ncns2)c(C(=O)O)c1. The van der Waals surface area contributed by atoms with Crippen molar-refractivity contribution in [1.82, 2.24) is 9.36 Å². The van der Waals surface area contributed by atoms with Gasteiger partial charge in [0.05, 0.1) is 7.11 Å². The average Bonchev–Trinajstić information content (AvgIpc) is 2.82. The van der Waals surface area contributed by atoms with Crippen molar-refractivity contribution in [1.29, 1.82) is 0 Å². The number of hydrogen-bond acceptors (Lipinski definition) is 6. The second kappa shape index (κ2) is 4.79. The number of methoxy groups -OCH3 is 1. The highest BCUT2D eigenvalue weighted by atomic mass is 32.1. The number of ether oxygens (including phenoxy) is 2. The molecule has 0 saturated heterocycles. The number of nitrogens with zero attached hydrogens (tertiary/aromatic N) is 2. The van der Waals surface area contributed by atoms with Crippen LogP contribution in [-0.2, 0) is 0 Å². The van der Waals surface area contributed by atoms with E-state index in [0.717, 1.165) is 11.5 Å². The van der Waals surface area contributed by atoms with Crippen molar-refractivity contribution >= 4 is 17.5 Å². The van der Waals surface area contributed by atoms with E-state index in [9.17, 15) is 4.79 Å². The summed E-state index contributed by atoms with van der Waals surface area (Å²) in [5, 5.41) is 9.34. The van der Waals surface area contributed by atoms with Gasteiger partial charge in [0.25, 0.3) is 5.19 Å². The second-order valence-electron chi connectivity index (χ2n) is 2.98. The first-order valence-electron chi connectivity index (χ1n) is 4.56. The molecule has 1 aromatic heterocycles. The molecular weight excluding hydrogens is 244 g/mol. The molecule has 0 aliphatic rings. The van der Waals surface area contributed by atoms with E-state index in [0.29, 0.717) is 5.75 Å². The molecule has 0 spiro atoms. The molecule has 1 heterocycles. The van der Waals surface area contributed by atoms with Crippen LogP contribution in [0.15, 0.2) is 24.5 Å². The van der Waals surface area contributed by atoms with Crippen molar-refractivity contribution in [3.8, 4) is 16.7 Å². The minimum Gasteiger partial charge on any atom is -0.497 e. The minimum absolute atomic E-state index is 0.0135. The van der Waals surface area contributed by atoms with Gasteiger partial charge in [-0.3, -0.25) is 0 Å². The summed E-state index contributed by atoms with van der Waals surface area (Å²) < 4.78 is 14.0. The van der Waals surface area contributed by atoms with Crippen molar-refractivity contribution in [2.75, 3.05) is 7.11 Å². The van der Waals surface area contributed by atoms with Gasteiger partial charge in [0, 0.05) is 11.5 Å². The molecule has 1 aromatic carbocycles. The lowest BCUT2D eigenvalue weighted by Crippen LogP contribution is -2.00. The van der Waals surface area contributed by atoms with Gasteiger partial charge in [-0.05, 0) is 18.2 Å². The fourth-order valence-electron chi connectivity index (χ4n) is 1.19. The Morgan fingerprint density at radius 3 is 2.88 bits per heavy atom. The third-order valence-electron chi connectivity index (χ3n) is 1.96. The van der Waals surface area contributed by atoms with E-state index >= 15 is 0 Å². The molecule has 0 atom stereocenters. The number of benzene rings is 1. The zero-order valence-electron chi connectivity index (χ0n) is 8.78. The third-order valence-corrected chi connectivity index (χ3v) is 2.50. The lowest BCUT2D eigenvalue weighted by molar-refractivity contribution is 0.0693. The number of aromatic carboxylic acids is 1. The Hall–Kier alpha value is -2.15. The molecule has 0 bridgehead atoms. The second-order valence-corrected chi connectivity index (χ2v) is 3.72. The highest BCUT2D eigenvalue weighted by molar-refractivity contribution is 7.07. The quantitative estimate of drug-likeness (QED) is 0.896. The predicted molar refractivity (Wildman–Crippen MR) is 59.9 cm³/mol. The van der Waals surface area contributed by atoms with Gasteiger partial charge in [-0.1, -0.05) is 0 Å². The van der Waals surface area contributed by atoms with Crippen LogP contribution in [0.2, 0.25) is 0 Å². The molecule has 0 fully saturated rings. The topological polar surface area (TPSA) is 81.5 Å². The number of carboxylic acids is 1. The summed E-state index contributed by atoms with van der Waals surface area (Å²) in [5.41, 5.74) is 0.0135. The van der Waals surface area contributed by atoms with Gasteiger partial charge in [0.2, 0.25) is 0 Å². The molecule has 2 rings (SSSR count). The molecule has 6 nitrogen and oxygen atoms in total. The van der Waals surface area contributed by atoms with E-state index in [-0.39, 0.29) is 16.5 Å². The van der Waals surface area contributed by atoms with E-state index in [1.54, 1.807) is 6.07 Å². The lowest BCUT2D eigenvalue weighted by atomic mass is 10.2. The van der Waals surface area contributed by atoms with Crippen LogP contribution < -0.4 is 9.47 Å². The molecule has 0 saturated carbocycles. The van der Waals surface area contributed by atoms with Crippen LogP contribution in [-0.4, -0.2) is 27.5 Å². The minimum atomic E-state index is -1.09. The van der Waals surface area contributed by atoms with E-state index in [1.165, 1.54) is 25.6 Å². The van der Waals surface area contributed by atoms with Gasteiger partial charge < -0.3 is 14.6 Å². The van der Waals surface area contributed by atoms with Crippen LogP contribution in [0.5, 0.6) is 16.7 Å². The standard InChI is InChI=1S/C10H8N2O4S/c1-15-6-2-3-8(7(4-6)9(13)14)16-10-11-5-12-17-10/h2-5H,1H3,(H,13,14). The Labute approximate surface area is 101 Å². The maximum atomic E-state index is 11.1. The van der Waals surface area contributed by atoms with Crippen molar-refractivity contribution in [2.24, 2.45) is 0 Å². The van der Waals surface area contributed by atoms with Gasteiger partial charge in [-0.15, -0.1) is 0 Å². The van der Waals surface area contributed by atoms with Crippen LogP contribution in [0.4, 0.5) is 0 Å². The van der Waals surface area contributed by atoms with E-state index in [2.05, 4.69) is 9.36 Å². The summed E-state index contributed by atoms with van der Waals surface area (Å²) in [6.45, 7) is 0. The Balaban J connectivity index is 2.36. The molecule has 0 radical (unpaired) electrons. The van der Waals surface area contributed by atoms with Crippen LogP contribution in [0.25, 0.3) is 0 Å². The highest BCUT2D eigenvalue weighted by Gasteiger charge is 2.14. The average molecular weight is 252 g/mol. The highest BCUT2D eigenvalue weighted by Crippen LogP contribution is 2.28. The predicted octanol–water partition coefficient (Wildman–Crippen LogP) is 2.04.